The number of nitrogens with zero attached hydrogens (tertiary/aromatic N) is 1. The van der Waals surface area contributed by atoms with Crippen LogP contribution in [0.5, 0.6) is 5.75 Å². The van der Waals surface area contributed by atoms with Crippen molar-refractivity contribution in [3.8, 4) is 5.75 Å². The van der Waals surface area contributed by atoms with E-state index in [4.69, 9.17) is 16.3 Å². The Bertz CT molecular complexity index is 361. The molecule has 0 aliphatic carbocycles. The average Bonchev–Trinajstić information content (AvgIpc) is 2.29. The van der Waals surface area contributed by atoms with Crippen molar-refractivity contribution in [1.29, 1.82) is 0 Å². The number of halogens is 1. The number of phenols is 1. The van der Waals surface area contributed by atoms with Gasteiger partial charge in [-0.15, -0.1) is 11.6 Å². The zero-order valence-corrected chi connectivity index (χ0v) is 9.34. The fraction of sp³-hybridized carbons (Fsp3) is 0.364. The Morgan fingerprint density at radius 3 is 2.81 bits per heavy atom. The second-order valence-electron chi connectivity index (χ2n) is 3.64. The van der Waals surface area contributed by atoms with E-state index in [1.165, 1.54) is 12.7 Å². The first-order valence-corrected chi connectivity index (χ1v) is 5.49. The normalized spacial score (nSPS) is 25.4. The van der Waals surface area contributed by atoms with Crippen LogP contribution in [0, 0.1) is 6.61 Å². The van der Waals surface area contributed by atoms with E-state index in [0.717, 1.165) is 5.06 Å². The van der Waals surface area contributed by atoms with Gasteiger partial charge in [0.05, 0.1) is 11.4 Å². The minimum absolute atomic E-state index is 0.0281. The minimum Gasteiger partial charge on any atom is -0.506 e. The second-order valence-corrected chi connectivity index (χ2v) is 4.14. The summed E-state index contributed by atoms with van der Waals surface area (Å²) in [7, 11) is 0. The van der Waals surface area contributed by atoms with E-state index in [2.05, 4.69) is 0 Å². The van der Waals surface area contributed by atoms with Gasteiger partial charge in [-0.2, -0.15) is 0 Å². The molecule has 1 aliphatic heterocycles. The van der Waals surface area contributed by atoms with Crippen molar-refractivity contribution in [3.63, 3.8) is 0 Å². The van der Waals surface area contributed by atoms with Crippen LogP contribution in [0.4, 0.5) is 5.69 Å². The Kier molecular flexibility index (Phi) is 3.53. The average molecular weight is 243 g/mol. The number of hydrogen-bond acceptors (Lipinski definition) is 4. The van der Waals surface area contributed by atoms with Gasteiger partial charge in [-0.05, 0) is 18.6 Å². The molecule has 1 aliphatic rings. The van der Waals surface area contributed by atoms with Crippen LogP contribution in [0.1, 0.15) is 6.42 Å². The standard InChI is InChI=1S/C11H13ClNO3/c12-8-7-16-6-5-9(8)13(15)10-3-1-2-4-11(10)14/h1-4,7-9,14-15H,5-6H2. The largest absolute Gasteiger partial charge is 0.506 e. The molecule has 1 aromatic rings. The maximum Gasteiger partial charge on any atom is 0.141 e. The van der Waals surface area contributed by atoms with E-state index < -0.39 is 5.38 Å². The first-order chi connectivity index (χ1) is 7.70. The number of rotatable bonds is 2. The van der Waals surface area contributed by atoms with Crippen molar-refractivity contribution in [2.75, 3.05) is 11.7 Å². The third-order valence-corrected chi connectivity index (χ3v) is 2.96. The molecular formula is C11H13ClNO3. The summed E-state index contributed by atoms with van der Waals surface area (Å²) in [5, 5.41) is 20.2. The van der Waals surface area contributed by atoms with Gasteiger partial charge in [-0.3, -0.25) is 5.21 Å². The van der Waals surface area contributed by atoms with Gasteiger partial charge in [0.2, 0.25) is 0 Å². The van der Waals surface area contributed by atoms with Crippen LogP contribution >= 0.6 is 11.6 Å². The van der Waals surface area contributed by atoms with Gasteiger partial charge >= 0.3 is 0 Å². The zero-order valence-electron chi connectivity index (χ0n) is 8.58. The lowest BCUT2D eigenvalue weighted by Crippen LogP contribution is -2.43. The summed E-state index contributed by atoms with van der Waals surface area (Å²) in [5.41, 5.74) is 0.355. The molecule has 0 aromatic heterocycles. The Hall–Kier alpha value is -0.970. The molecule has 0 spiro atoms. The number of hydroxylamine groups is 1. The van der Waals surface area contributed by atoms with Gasteiger partial charge in [0, 0.05) is 6.61 Å². The Morgan fingerprint density at radius 1 is 1.38 bits per heavy atom. The lowest BCUT2D eigenvalue weighted by Gasteiger charge is -2.34. The molecule has 0 bridgehead atoms. The van der Waals surface area contributed by atoms with E-state index in [9.17, 15) is 10.3 Å². The number of hydrogen-bond donors (Lipinski definition) is 2. The van der Waals surface area contributed by atoms with Crippen LogP contribution in [-0.2, 0) is 4.74 Å². The molecule has 87 valence electrons. The molecule has 1 radical (unpaired) electrons. The van der Waals surface area contributed by atoms with Gasteiger partial charge in [0.25, 0.3) is 0 Å². The topological polar surface area (TPSA) is 52.9 Å². The summed E-state index contributed by atoms with van der Waals surface area (Å²) in [4.78, 5) is 0. The molecule has 1 saturated heterocycles. The minimum atomic E-state index is -0.404. The summed E-state index contributed by atoms with van der Waals surface area (Å²) < 4.78 is 5.07. The highest BCUT2D eigenvalue weighted by molar-refractivity contribution is 6.22. The number of benzene rings is 1. The monoisotopic (exact) mass is 242 g/mol. The maximum atomic E-state index is 10.0. The zero-order chi connectivity index (χ0) is 11.5. The second kappa shape index (κ2) is 4.91. The number of anilines is 1. The van der Waals surface area contributed by atoms with Crippen LogP contribution in [0.15, 0.2) is 24.3 Å². The van der Waals surface area contributed by atoms with Gasteiger partial charge in [0.1, 0.15) is 18.0 Å². The molecule has 1 aromatic carbocycles. The van der Waals surface area contributed by atoms with E-state index in [1.54, 1.807) is 18.2 Å². The Labute approximate surface area is 99.0 Å². The van der Waals surface area contributed by atoms with E-state index in [0.29, 0.717) is 18.7 Å². The lowest BCUT2D eigenvalue weighted by molar-refractivity contribution is 0.107. The molecule has 2 rings (SSSR count). The highest BCUT2D eigenvalue weighted by Gasteiger charge is 2.30. The first-order valence-electron chi connectivity index (χ1n) is 5.05. The number of ether oxygens (including phenoxy) is 1. The van der Waals surface area contributed by atoms with Crippen molar-refractivity contribution in [2.45, 2.75) is 17.8 Å². The van der Waals surface area contributed by atoms with Crippen LogP contribution < -0.4 is 5.06 Å². The highest BCUT2D eigenvalue weighted by atomic mass is 35.5. The molecule has 2 N–H and O–H groups in total. The molecule has 4 nitrogen and oxygen atoms in total. The third kappa shape index (κ3) is 2.24. The molecule has 1 heterocycles. The van der Waals surface area contributed by atoms with E-state index in [1.807, 2.05) is 0 Å². The molecule has 0 amide bonds. The number of alkyl halides is 1. The summed E-state index contributed by atoms with van der Waals surface area (Å²) in [6.45, 7) is 2.01. The van der Waals surface area contributed by atoms with Crippen LogP contribution in [-0.4, -0.2) is 28.3 Å². The number of phenolic OH excluding ortho intramolecular Hbond substituents is 1. The van der Waals surface area contributed by atoms with Crippen molar-refractivity contribution in [1.82, 2.24) is 0 Å². The molecule has 2 unspecified atom stereocenters. The fourth-order valence-electron chi connectivity index (χ4n) is 1.69. The Morgan fingerprint density at radius 2 is 2.12 bits per heavy atom. The molecule has 0 saturated carbocycles. The van der Waals surface area contributed by atoms with Crippen molar-refractivity contribution >= 4 is 17.3 Å². The summed E-state index contributed by atoms with van der Waals surface area (Å²) >= 11 is 6.02. The predicted molar refractivity (Wildman–Crippen MR) is 60.7 cm³/mol. The quantitative estimate of drug-likeness (QED) is 0.616. The summed E-state index contributed by atoms with van der Waals surface area (Å²) in [6, 6.07) is 6.30. The predicted octanol–water partition coefficient (Wildman–Crippen LogP) is 2.15. The van der Waals surface area contributed by atoms with Crippen LogP contribution in [0.2, 0.25) is 0 Å². The maximum absolute atomic E-state index is 10.0. The van der Waals surface area contributed by atoms with Gasteiger partial charge in [0.15, 0.2) is 0 Å². The molecule has 2 atom stereocenters. The van der Waals surface area contributed by atoms with E-state index >= 15 is 0 Å². The molecule has 5 heteroatoms. The number of para-hydroxylation sites is 2. The van der Waals surface area contributed by atoms with Crippen molar-refractivity contribution < 1.29 is 15.1 Å². The fourth-order valence-corrected chi connectivity index (χ4v) is 2.00. The highest BCUT2D eigenvalue weighted by Crippen LogP contribution is 2.31. The van der Waals surface area contributed by atoms with Crippen molar-refractivity contribution in [2.24, 2.45) is 0 Å². The summed E-state index contributed by atoms with van der Waals surface area (Å²) in [6.07, 6.45) is 0.607. The Balaban J connectivity index is 2.17. The first kappa shape index (κ1) is 11.5. The van der Waals surface area contributed by atoms with Gasteiger partial charge < -0.3 is 9.84 Å². The van der Waals surface area contributed by atoms with Gasteiger partial charge in [-0.1, -0.05) is 12.1 Å². The SMILES string of the molecule is Oc1ccccc1N(O)C1CCO[CH]C1Cl. The molecular weight excluding hydrogens is 230 g/mol. The smallest absolute Gasteiger partial charge is 0.141 e. The number of aromatic hydroxyl groups is 1. The summed E-state index contributed by atoms with van der Waals surface area (Å²) in [5.74, 6) is 0.0281. The van der Waals surface area contributed by atoms with Crippen molar-refractivity contribution in [3.05, 3.63) is 30.9 Å². The molecule has 16 heavy (non-hydrogen) atoms. The van der Waals surface area contributed by atoms with Crippen LogP contribution in [0.25, 0.3) is 0 Å². The van der Waals surface area contributed by atoms with E-state index in [-0.39, 0.29) is 11.8 Å². The van der Waals surface area contributed by atoms with Gasteiger partial charge in [-0.25, -0.2) is 5.06 Å². The lowest BCUT2D eigenvalue weighted by atomic mass is 10.1. The third-order valence-electron chi connectivity index (χ3n) is 2.57. The molecule has 1 fully saturated rings. The van der Waals surface area contributed by atoms with Crippen LogP contribution in [0.3, 0.4) is 0 Å².